The Labute approximate surface area is 157 Å². The molecule has 4 rings (SSSR count). The lowest BCUT2D eigenvalue weighted by Crippen LogP contribution is -2.41. The number of amides is 1. The maximum absolute atomic E-state index is 12.7. The van der Waals surface area contributed by atoms with Crippen LogP contribution >= 0.6 is 24.0 Å². The van der Waals surface area contributed by atoms with Gasteiger partial charge in [0, 0.05) is 32.4 Å². The largest absolute Gasteiger partial charge is 0.375 e. The smallest absolute Gasteiger partial charge is 0.296 e. The highest BCUT2D eigenvalue weighted by Crippen LogP contribution is 2.39. The molecular weight excluding hydrogens is 350 g/mol. The predicted octanol–water partition coefficient (Wildman–Crippen LogP) is 3.93. The molecule has 2 aliphatic heterocycles. The summed E-state index contributed by atoms with van der Waals surface area (Å²) in [5, 5.41) is 2.24. The van der Waals surface area contributed by atoms with Crippen LogP contribution in [0.4, 0.5) is 10.5 Å². The standard InChI is InChI=1S/C19H19N3OS2/c1-20-9-10-21(2)16(12-20)17-18(24)22(19(23)25-17)15-8-7-13-5-3-4-6-14(13)11-15/h3-8,11H,9-10,12H2,1-2H3/b17-16+. The number of nitrogens with zero attached hydrogens (tertiary/aromatic N) is 3. The Morgan fingerprint density at radius 2 is 1.80 bits per heavy atom. The molecule has 1 amide bonds. The molecule has 0 unspecified atom stereocenters. The molecule has 2 saturated heterocycles. The lowest BCUT2D eigenvalue weighted by Gasteiger charge is -2.34. The fourth-order valence-electron chi connectivity index (χ4n) is 3.24. The Kier molecular flexibility index (Phi) is 4.27. The number of fused-ring (bicyclic) bond motifs is 1. The van der Waals surface area contributed by atoms with Crippen LogP contribution in [0.15, 0.2) is 53.1 Å². The third-order valence-corrected chi connectivity index (χ3v) is 6.23. The zero-order valence-electron chi connectivity index (χ0n) is 14.2. The molecule has 0 radical (unpaired) electrons. The minimum absolute atomic E-state index is 0.0237. The summed E-state index contributed by atoms with van der Waals surface area (Å²) in [7, 11) is 4.17. The molecule has 2 aliphatic rings. The van der Waals surface area contributed by atoms with E-state index in [1.165, 1.54) is 11.8 Å². The quantitative estimate of drug-likeness (QED) is 0.561. The second-order valence-electron chi connectivity index (χ2n) is 6.48. The number of thiocarbonyl (C=S) groups is 1. The maximum atomic E-state index is 12.7. The van der Waals surface area contributed by atoms with E-state index in [1.54, 1.807) is 4.90 Å². The van der Waals surface area contributed by atoms with Gasteiger partial charge in [0.1, 0.15) is 4.99 Å². The molecule has 2 heterocycles. The van der Waals surface area contributed by atoms with Crippen molar-refractivity contribution < 1.29 is 4.79 Å². The second-order valence-corrected chi connectivity index (χ2v) is 7.82. The summed E-state index contributed by atoms with van der Waals surface area (Å²) < 4.78 is 0. The number of benzene rings is 2. The average Bonchev–Trinajstić information content (AvgIpc) is 2.91. The number of thioether (sulfide) groups is 1. The van der Waals surface area contributed by atoms with E-state index in [4.69, 9.17) is 12.2 Å². The zero-order valence-corrected chi connectivity index (χ0v) is 15.9. The molecular formula is C19H19N3OS2. The Morgan fingerprint density at radius 1 is 1.04 bits per heavy atom. The predicted molar refractivity (Wildman–Crippen MR) is 109 cm³/mol. The van der Waals surface area contributed by atoms with E-state index in [-0.39, 0.29) is 5.24 Å². The van der Waals surface area contributed by atoms with E-state index in [0.29, 0.717) is 4.99 Å². The Hall–Kier alpha value is -1.89. The minimum Gasteiger partial charge on any atom is -0.375 e. The molecule has 0 saturated carbocycles. The van der Waals surface area contributed by atoms with Crippen LogP contribution in [0.1, 0.15) is 0 Å². The van der Waals surface area contributed by atoms with Crippen LogP contribution in [0.2, 0.25) is 0 Å². The number of rotatable bonds is 1. The van der Waals surface area contributed by atoms with Gasteiger partial charge in [0.25, 0.3) is 5.24 Å². The Balaban J connectivity index is 1.73. The van der Waals surface area contributed by atoms with Crippen molar-refractivity contribution in [1.82, 2.24) is 9.80 Å². The van der Waals surface area contributed by atoms with E-state index in [2.05, 4.69) is 36.0 Å². The number of anilines is 1. The SMILES string of the molecule is CN1CCN(C)/C(=C2/SC(=O)N(c3ccc4ccccc4c3)C2=S)C1. The highest BCUT2D eigenvalue weighted by atomic mass is 32.2. The van der Waals surface area contributed by atoms with Gasteiger partial charge in [0.2, 0.25) is 0 Å². The summed E-state index contributed by atoms with van der Waals surface area (Å²) in [5.41, 5.74) is 1.98. The lowest BCUT2D eigenvalue weighted by molar-refractivity contribution is 0.229. The average molecular weight is 370 g/mol. The second kappa shape index (κ2) is 6.44. The topological polar surface area (TPSA) is 26.8 Å². The molecule has 0 bridgehead atoms. The van der Waals surface area contributed by atoms with E-state index in [1.807, 2.05) is 30.3 Å². The molecule has 4 nitrogen and oxygen atoms in total. The van der Waals surface area contributed by atoms with Gasteiger partial charge in [-0.3, -0.25) is 14.6 Å². The summed E-state index contributed by atoms with van der Waals surface area (Å²) in [6.07, 6.45) is 0. The lowest BCUT2D eigenvalue weighted by atomic mass is 10.1. The third-order valence-electron chi connectivity index (χ3n) is 4.72. The normalized spacial score (nSPS) is 22.3. The van der Waals surface area contributed by atoms with Gasteiger partial charge in [-0.25, -0.2) is 0 Å². The molecule has 0 N–H and O–H groups in total. The van der Waals surface area contributed by atoms with Crippen molar-refractivity contribution in [3.05, 3.63) is 53.1 Å². The van der Waals surface area contributed by atoms with E-state index >= 15 is 0 Å². The number of likely N-dealkylation sites (N-methyl/N-ethyl adjacent to an activating group) is 2. The van der Waals surface area contributed by atoms with Gasteiger partial charge in [0.05, 0.1) is 10.6 Å². The molecule has 25 heavy (non-hydrogen) atoms. The Bertz CT molecular complexity index is 908. The van der Waals surface area contributed by atoms with Crippen molar-refractivity contribution in [1.29, 1.82) is 0 Å². The molecule has 0 aromatic heterocycles. The first-order valence-electron chi connectivity index (χ1n) is 8.22. The molecule has 2 aromatic carbocycles. The zero-order chi connectivity index (χ0) is 17.6. The van der Waals surface area contributed by atoms with Crippen molar-refractivity contribution in [2.75, 3.05) is 38.6 Å². The maximum Gasteiger partial charge on any atom is 0.296 e. The molecule has 128 valence electrons. The monoisotopic (exact) mass is 369 g/mol. The number of hydrogen-bond acceptors (Lipinski definition) is 5. The van der Waals surface area contributed by atoms with Crippen LogP contribution < -0.4 is 4.90 Å². The summed E-state index contributed by atoms with van der Waals surface area (Å²) in [4.78, 5) is 20.4. The van der Waals surface area contributed by atoms with Crippen LogP contribution in [0, 0.1) is 0 Å². The van der Waals surface area contributed by atoms with Crippen LogP contribution in [0.25, 0.3) is 10.8 Å². The van der Waals surface area contributed by atoms with Gasteiger partial charge in [-0.05, 0) is 41.7 Å². The Morgan fingerprint density at radius 3 is 2.60 bits per heavy atom. The van der Waals surface area contributed by atoms with E-state index in [0.717, 1.165) is 46.7 Å². The van der Waals surface area contributed by atoms with Crippen LogP contribution in [-0.4, -0.2) is 53.8 Å². The summed E-state index contributed by atoms with van der Waals surface area (Å²) in [6, 6.07) is 14.2. The van der Waals surface area contributed by atoms with Gasteiger partial charge in [-0.2, -0.15) is 0 Å². The van der Waals surface area contributed by atoms with Crippen LogP contribution in [0.3, 0.4) is 0 Å². The number of hydrogen-bond donors (Lipinski definition) is 0. The first-order chi connectivity index (χ1) is 12.0. The van der Waals surface area contributed by atoms with Crippen molar-refractivity contribution in [2.45, 2.75) is 0 Å². The fourth-order valence-corrected chi connectivity index (χ4v) is 4.71. The van der Waals surface area contributed by atoms with Crippen molar-refractivity contribution in [3.63, 3.8) is 0 Å². The first kappa shape index (κ1) is 16.6. The molecule has 6 heteroatoms. The van der Waals surface area contributed by atoms with Crippen LogP contribution in [0.5, 0.6) is 0 Å². The number of piperazine rings is 1. The minimum atomic E-state index is -0.0237. The fraction of sp³-hybridized carbons (Fsp3) is 0.263. The number of carbonyl (C=O) groups excluding carboxylic acids is 1. The molecule has 2 fully saturated rings. The van der Waals surface area contributed by atoms with Gasteiger partial charge in [-0.1, -0.05) is 42.5 Å². The van der Waals surface area contributed by atoms with Crippen molar-refractivity contribution in [2.24, 2.45) is 0 Å². The van der Waals surface area contributed by atoms with Crippen molar-refractivity contribution in [3.8, 4) is 0 Å². The molecule has 2 aromatic rings. The van der Waals surface area contributed by atoms with Crippen LogP contribution in [-0.2, 0) is 0 Å². The highest BCUT2D eigenvalue weighted by Gasteiger charge is 2.36. The number of carbonyl (C=O) groups is 1. The molecule has 0 atom stereocenters. The van der Waals surface area contributed by atoms with E-state index in [9.17, 15) is 4.79 Å². The summed E-state index contributed by atoms with van der Waals surface area (Å²) in [5.74, 6) is 0. The van der Waals surface area contributed by atoms with Gasteiger partial charge in [-0.15, -0.1) is 0 Å². The van der Waals surface area contributed by atoms with E-state index < -0.39 is 0 Å². The van der Waals surface area contributed by atoms with Gasteiger partial charge >= 0.3 is 0 Å². The summed E-state index contributed by atoms with van der Waals surface area (Å²) in [6.45, 7) is 2.79. The molecule has 0 aliphatic carbocycles. The first-order valence-corrected chi connectivity index (χ1v) is 9.45. The van der Waals surface area contributed by atoms with Crippen molar-refractivity contribution >= 4 is 50.7 Å². The third kappa shape index (κ3) is 2.94. The van der Waals surface area contributed by atoms with Gasteiger partial charge < -0.3 is 4.90 Å². The van der Waals surface area contributed by atoms with Gasteiger partial charge in [0.15, 0.2) is 0 Å². The summed E-state index contributed by atoms with van der Waals surface area (Å²) >= 11 is 6.95. The highest BCUT2D eigenvalue weighted by molar-refractivity contribution is 8.20. The molecule has 0 spiro atoms.